The smallest absolute Gasteiger partial charge is 0.149 e. The van der Waals surface area contributed by atoms with Crippen molar-refractivity contribution in [3.05, 3.63) is 90.6 Å². The summed E-state index contributed by atoms with van der Waals surface area (Å²) in [5, 5.41) is 3.28. The van der Waals surface area contributed by atoms with Crippen molar-refractivity contribution >= 4 is 22.5 Å². The Bertz CT molecular complexity index is 986. The highest BCUT2D eigenvalue weighted by Crippen LogP contribution is 2.22. The van der Waals surface area contributed by atoms with Crippen LogP contribution in [0.15, 0.2) is 85.1 Å². The first-order chi connectivity index (χ1) is 12.4. The van der Waals surface area contributed by atoms with Crippen LogP contribution in [-0.2, 0) is 6.61 Å². The minimum Gasteiger partial charge on any atom is -0.489 e. The van der Waals surface area contributed by atoms with E-state index < -0.39 is 0 Å². The summed E-state index contributed by atoms with van der Waals surface area (Å²) < 4.78 is 5.86. The highest BCUT2D eigenvalue weighted by atomic mass is 16.5. The topological polar surface area (TPSA) is 47.0 Å². The number of hydrogen-bond donors (Lipinski definition) is 1. The van der Waals surface area contributed by atoms with Gasteiger partial charge in [0, 0.05) is 11.8 Å². The van der Waals surface area contributed by atoms with Crippen molar-refractivity contribution in [1.82, 2.24) is 9.97 Å². The van der Waals surface area contributed by atoms with Gasteiger partial charge in [0.05, 0.1) is 17.2 Å². The van der Waals surface area contributed by atoms with Crippen LogP contribution in [0.25, 0.3) is 11.0 Å². The van der Waals surface area contributed by atoms with Crippen LogP contribution in [0.4, 0.5) is 11.5 Å². The lowest BCUT2D eigenvalue weighted by atomic mass is 10.2. The van der Waals surface area contributed by atoms with Crippen LogP contribution in [0.1, 0.15) is 5.56 Å². The molecule has 0 fully saturated rings. The van der Waals surface area contributed by atoms with Crippen LogP contribution in [0.5, 0.6) is 5.75 Å². The molecule has 0 amide bonds. The zero-order chi connectivity index (χ0) is 16.9. The fraction of sp³-hybridized carbons (Fsp3) is 0.0476. The van der Waals surface area contributed by atoms with Gasteiger partial charge in [0.25, 0.3) is 0 Å². The molecular weight excluding hydrogens is 310 g/mol. The number of fused-ring (bicyclic) bond motifs is 1. The van der Waals surface area contributed by atoms with Gasteiger partial charge in [-0.2, -0.15) is 0 Å². The number of rotatable bonds is 5. The molecule has 0 aliphatic carbocycles. The van der Waals surface area contributed by atoms with Crippen LogP contribution in [0.2, 0.25) is 0 Å². The van der Waals surface area contributed by atoms with Crippen LogP contribution in [0.3, 0.4) is 0 Å². The molecule has 0 spiro atoms. The fourth-order valence-electron chi connectivity index (χ4n) is 2.57. The number of nitrogens with zero attached hydrogens (tertiary/aromatic N) is 2. The summed E-state index contributed by atoms with van der Waals surface area (Å²) in [6.07, 6.45) is 1.74. The SMILES string of the molecule is c1ccc(COc2cccc(Nc3cnc4ccccc4n3)c2)cc1. The van der Waals surface area contributed by atoms with E-state index >= 15 is 0 Å². The molecule has 4 heteroatoms. The lowest BCUT2D eigenvalue weighted by Gasteiger charge is -2.10. The van der Waals surface area contributed by atoms with Crippen LogP contribution in [-0.4, -0.2) is 9.97 Å². The third-order valence-electron chi connectivity index (χ3n) is 3.80. The van der Waals surface area contributed by atoms with Crippen molar-refractivity contribution in [2.75, 3.05) is 5.32 Å². The van der Waals surface area contributed by atoms with E-state index in [1.54, 1.807) is 6.20 Å². The summed E-state index contributed by atoms with van der Waals surface area (Å²) in [6, 6.07) is 25.8. The van der Waals surface area contributed by atoms with Gasteiger partial charge in [-0.3, -0.25) is 4.98 Å². The molecule has 0 saturated carbocycles. The Morgan fingerprint density at radius 1 is 0.800 bits per heavy atom. The van der Waals surface area contributed by atoms with E-state index in [0.29, 0.717) is 12.4 Å². The number of benzene rings is 3. The Labute approximate surface area is 146 Å². The van der Waals surface area contributed by atoms with Crippen LogP contribution in [0, 0.1) is 0 Å². The molecule has 122 valence electrons. The highest BCUT2D eigenvalue weighted by Gasteiger charge is 2.02. The Morgan fingerprint density at radius 3 is 2.48 bits per heavy atom. The van der Waals surface area contributed by atoms with Gasteiger partial charge in [-0.15, -0.1) is 0 Å². The molecule has 1 aromatic heterocycles. The molecule has 0 unspecified atom stereocenters. The Kier molecular flexibility index (Phi) is 4.25. The summed E-state index contributed by atoms with van der Waals surface area (Å²) >= 11 is 0. The van der Waals surface area contributed by atoms with Gasteiger partial charge in [0.15, 0.2) is 0 Å². The summed E-state index contributed by atoms with van der Waals surface area (Å²) in [5.41, 5.74) is 3.80. The van der Waals surface area contributed by atoms with Crippen molar-refractivity contribution in [3.8, 4) is 5.75 Å². The largest absolute Gasteiger partial charge is 0.489 e. The maximum Gasteiger partial charge on any atom is 0.149 e. The average Bonchev–Trinajstić information content (AvgIpc) is 2.67. The minimum atomic E-state index is 0.542. The van der Waals surface area contributed by atoms with E-state index in [4.69, 9.17) is 4.74 Å². The van der Waals surface area contributed by atoms with E-state index in [-0.39, 0.29) is 0 Å². The fourth-order valence-corrected chi connectivity index (χ4v) is 2.57. The first-order valence-corrected chi connectivity index (χ1v) is 8.12. The summed E-state index contributed by atoms with van der Waals surface area (Å²) in [4.78, 5) is 9.00. The van der Waals surface area contributed by atoms with Gasteiger partial charge in [-0.25, -0.2) is 4.98 Å². The van der Waals surface area contributed by atoms with Crippen molar-refractivity contribution < 1.29 is 4.74 Å². The second-order valence-corrected chi connectivity index (χ2v) is 5.67. The quantitative estimate of drug-likeness (QED) is 0.563. The molecular formula is C21H17N3O. The van der Waals surface area contributed by atoms with Gasteiger partial charge >= 0.3 is 0 Å². The molecule has 3 aromatic carbocycles. The van der Waals surface area contributed by atoms with E-state index in [2.05, 4.69) is 15.3 Å². The second-order valence-electron chi connectivity index (χ2n) is 5.67. The van der Waals surface area contributed by atoms with Gasteiger partial charge in [-0.1, -0.05) is 48.5 Å². The zero-order valence-corrected chi connectivity index (χ0v) is 13.6. The number of anilines is 2. The summed E-state index contributed by atoms with van der Waals surface area (Å²) in [7, 11) is 0. The maximum absolute atomic E-state index is 5.86. The van der Waals surface area contributed by atoms with E-state index in [0.717, 1.165) is 28.0 Å². The molecule has 0 atom stereocenters. The molecule has 0 radical (unpaired) electrons. The molecule has 1 N–H and O–H groups in total. The second kappa shape index (κ2) is 7.01. The van der Waals surface area contributed by atoms with Crippen LogP contribution >= 0.6 is 0 Å². The van der Waals surface area contributed by atoms with Crippen LogP contribution < -0.4 is 10.1 Å². The Hall–Kier alpha value is -3.40. The van der Waals surface area contributed by atoms with Gasteiger partial charge in [-0.05, 0) is 29.8 Å². The first kappa shape index (κ1) is 15.1. The van der Waals surface area contributed by atoms with E-state index in [9.17, 15) is 0 Å². The predicted octanol–water partition coefficient (Wildman–Crippen LogP) is 4.95. The number of ether oxygens (including phenoxy) is 1. The normalized spacial score (nSPS) is 10.6. The standard InChI is InChI=1S/C21H17N3O/c1-2-7-16(8-3-1)15-25-18-10-6-9-17(13-18)23-21-14-22-19-11-4-5-12-20(19)24-21/h1-14H,15H2,(H,23,24). The molecule has 0 saturated heterocycles. The molecule has 4 rings (SSSR count). The first-order valence-electron chi connectivity index (χ1n) is 8.12. The molecule has 0 bridgehead atoms. The Balaban J connectivity index is 1.48. The van der Waals surface area contributed by atoms with E-state index in [1.165, 1.54) is 0 Å². The van der Waals surface area contributed by atoms with Gasteiger partial charge in [0.1, 0.15) is 18.2 Å². The number of para-hydroxylation sites is 2. The molecule has 4 aromatic rings. The highest BCUT2D eigenvalue weighted by molar-refractivity contribution is 5.76. The lowest BCUT2D eigenvalue weighted by Crippen LogP contribution is -1.97. The molecule has 25 heavy (non-hydrogen) atoms. The number of hydrogen-bond acceptors (Lipinski definition) is 4. The molecule has 0 aliphatic rings. The average molecular weight is 327 g/mol. The molecule has 1 heterocycles. The van der Waals surface area contributed by atoms with Crippen molar-refractivity contribution in [2.45, 2.75) is 6.61 Å². The third kappa shape index (κ3) is 3.75. The molecule has 0 aliphatic heterocycles. The lowest BCUT2D eigenvalue weighted by molar-refractivity contribution is 0.306. The van der Waals surface area contributed by atoms with Crippen molar-refractivity contribution in [3.63, 3.8) is 0 Å². The Morgan fingerprint density at radius 2 is 1.60 bits per heavy atom. The third-order valence-corrected chi connectivity index (χ3v) is 3.80. The number of aromatic nitrogens is 2. The zero-order valence-electron chi connectivity index (χ0n) is 13.6. The van der Waals surface area contributed by atoms with Crippen molar-refractivity contribution in [1.29, 1.82) is 0 Å². The van der Waals surface area contributed by atoms with Crippen molar-refractivity contribution in [2.24, 2.45) is 0 Å². The summed E-state index contributed by atoms with van der Waals surface area (Å²) in [5.74, 6) is 1.52. The number of nitrogens with one attached hydrogen (secondary N) is 1. The van der Waals surface area contributed by atoms with E-state index in [1.807, 2.05) is 78.9 Å². The maximum atomic E-state index is 5.86. The summed E-state index contributed by atoms with van der Waals surface area (Å²) in [6.45, 7) is 0.542. The monoisotopic (exact) mass is 327 g/mol. The molecule has 4 nitrogen and oxygen atoms in total. The van der Waals surface area contributed by atoms with Gasteiger partial charge < -0.3 is 10.1 Å². The minimum absolute atomic E-state index is 0.542. The van der Waals surface area contributed by atoms with Gasteiger partial charge in [0.2, 0.25) is 0 Å². The predicted molar refractivity (Wildman–Crippen MR) is 100 cm³/mol.